The smallest absolute Gasteiger partial charge is 0.166 e. The number of hydrazine groups is 1. The van der Waals surface area contributed by atoms with Crippen LogP contribution in [-0.4, -0.2) is 17.1 Å². The molecule has 0 fully saturated rings. The quantitative estimate of drug-likeness (QED) is 0.574. The number of aryl methyl sites for hydroxylation is 1. The summed E-state index contributed by atoms with van der Waals surface area (Å²) in [6.07, 6.45) is 0. The van der Waals surface area contributed by atoms with Crippen molar-refractivity contribution in [3.05, 3.63) is 35.0 Å². The Morgan fingerprint density at radius 2 is 2.10 bits per heavy atom. The molecular formula is C14H13FN4OS. The molecule has 7 heteroatoms. The van der Waals surface area contributed by atoms with E-state index in [4.69, 9.17) is 10.6 Å². The molecule has 108 valence electrons. The van der Waals surface area contributed by atoms with Crippen molar-refractivity contribution in [3.63, 3.8) is 0 Å². The number of anilines is 1. The Hall–Kier alpha value is -2.25. The number of nitrogens with two attached hydrogens (primary N) is 1. The van der Waals surface area contributed by atoms with Gasteiger partial charge in [-0.05, 0) is 25.1 Å². The minimum absolute atomic E-state index is 0.289. The van der Waals surface area contributed by atoms with Crippen molar-refractivity contribution in [2.45, 2.75) is 6.92 Å². The Balaban J connectivity index is 2.20. The minimum Gasteiger partial charge on any atom is -0.497 e. The molecule has 0 radical (unpaired) electrons. The summed E-state index contributed by atoms with van der Waals surface area (Å²) in [6, 6.07) is 6.51. The summed E-state index contributed by atoms with van der Waals surface area (Å²) >= 11 is 1.51. The topological polar surface area (TPSA) is 73.1 Å². The van der Waals surface area contributed by atoms with Crippen molar-refractivity contribution < 1.29 is 9.13 Å². The summed E-state index contributed by atoms with van der Waals surface area (Å²) in [4.78, 5) is 10.6. The lowest BCUT2D eigenvalue weighted by Gasteiger charge is -2.07. The molecule has 5 nitrogen and oxygen atoms in total. The van der Waals surface area contributed by atoms with Gasteiger partial charge in [-0.3, -0.25) is 0 Å². The fourth-order valence-electron chi connectivity index (χ4n) is 2.08. The fraction of sp³-hybridized carbons (Fsp3) is 0.143. The highest BCUT2D eigenvalue weighted by Gasteiger charge is 2.14. The first-order valence-electron chi connectivity index (χ1n) is 6.21. The zero-order valence-corrected chi connectivity index (χ0v) is 12.3. The van der Waals surface area contributed by atoms with E-state index in [1.807, 2.05) is 13.0 Å². The number of ether oxygens (including phenoxy) is 1. The Morgan fingerprint density at radius 1 is 1.29 bits per heavy atom. The first-order chi connectivity index (χ1) is 10.1. The number of rotatable bonds is 3. The van der Waals surface area contributed by atoms with Crippen LogP contribution < -0.4 is 16.0 Å². The summed E-state index contributed by atoms with van der Waals surface area (Å²) < 4.78 is 19.1. The third kappa shape index (κ3) is 2.41. The van der Waals surface area contributed by atoms with Gasteiger partial charge in [-0.25, -0.2) is 20.2 Å². The highest BCUT2D eigenvalue weighted by Crippen LogP contribution is 2.32. The molecule has 3 N–H and O–H groups in total. The standard InChI is InChI=1S/C14H13FN4OS/c1-7-5-10-13(19-16)17-12(18-14(10)21-7)9-4-3-8(20-2)6-11(9)15/h3-6H,16H2,1-2H3,(H,17,18,19). The van der Waals surface area contributed by atoms with Gasteiger partial charge in [0.25, 0.3) is 0 Å². The molecule has 0 aliphatic carbocycles. The van der Waals surface area contributed by atoms with Crippen LogP contribution in [0.15, 0.2) is 24.3 Å². The van der Waals surface area contributed by atoms with Gasteiger partial charge in [0.2, 0.25) is 0 Å². The summed E-state index contributed by atoms with van der Waals surface area (Å²) in [5.74, 6) is 6.28. The molecule has 0 atom stereocenters. The minimum atomic E-state index is -0.440. The van der Waals surface area contributed by atoms with Crippen LogP contribution in [0.3, 0.4) is 0 Å². The number of benzene rings is 1. The fourth-order valence-corrected chi connectivity index (χ4v) is 2.96. The van der Waals surface area contributed by atoms with E-state index >= 15 is 0 Å². The normalized spacial score (nSPS) is 10.9. The highest BCUT2D eigenvalue weighted by molar-refractivity contribution is 7.18. The maximum atomic E-state index is 14.2. The predicted octanol–water partition coefficient (Wildman–Crippen LogP) is 3.10. The first kappa shape index (κ1) is 13.7. The zero-order valence-electron chi connectivity index (χ0n) is 11.5. The van der Waals surface area contributed by atoms with Crippen LogP contribution in [0.4, 0.5) is 10.2 Å². The van der Waals surface area contributed by atoms with Crippen molar-refractivity contribution in [3.8, 4) is 17.1 Å². The number of nitrogens with one attached hydrogen (secondary N) is 1. The monoisotopic (exact) mass is 304 g/mol. The van der Waals surface area contributed by atoms with Gasteiger partial charge < -0.3 is 10.2 Å². The number of hydrogen-bond donors (Lipinski definition) is 2. The van der Waals surface area contributed by atoms with Crippen LogP contribution in [0, 0.1) is 12.7 Å². The second kappa shape index (κ2) is 5.27. The number of nitrogen functional groups attached to an aromatic ring is 1. The number of nitrogens with zero attached hydrogens (tertiary/aromatic N) is 2. The highest BCUT2D eigenvalue weighted by atomic mass is 32.1. The molecule has 0 spiro atoms. The Bertz CT molecular complexity index is 818. The average Bonchev–Trinajstić information content (AvgIpc) is 2.86. The number of aromatic nitrogens is 2. The zero-order chi connectivity index (χ0) is 15.0. The number of thiophene rings is 1. The van der Waals surface area contributed by atoms with Gasteiger partial charge in [0.15, 0.2) is 11.6 Å². The van der Waals surface area contributed by atoms with E-state index in [1.165, 1.54) is 24.5 Å². The van der Waals surface area contributed by atoms with Crippen molar-refractivity contribution >= 4 is 27.4 Å². The molecule has 21 heavy (non-hydrogen) atoms. The number of methoxy groups -OCH3 is 1. The second-order valence-corrected chi connectivity index (χ2v) is 5.70. The lowest BCUT2D eigenvalue weighted by molar-refractivity contribution is 0.411. The van der Waals surface area contributed by atoms with E-state index < -0.39 is 5.82 Å². The van der Waals surface area contributed by atoms with Gasteiger partial charge >= 0.3 is 0 Å². The molecule has 0 aliphatic heterocycles. The van der Waals surface area contributed by atoms with Crippen LogP contribution in [0.5, 0.6) is 5.75 Å². The average molecular weight is 304 g/mol. The largest absolute Gasteiger partial charge is 0.497 e. The van der Waals surface area contributed by atoms with Crippen LogP contribution >= 0.6 is 11.3 Å². The van der Waals surface area contributed by atoms with Crippen molar-refractivity contribution in [2.75, 3.05) is 12.5 Å². The molecule has 0 saturated heterocycles. The van der Waals surface area contributed by atoms with Crippen LogP contribution in [0.1, 0.15) is 4.88 Å². The Labute approximate surface area is 124 Å². The van der Waals surface area contributed by atoms with Gasteiger partial charge in [0, 0.05) is 10.9 Å². The molecular weight excluding hydrogens is 291 g/mol. The number of hydrogen-bond acceptors (Lipinski definition) is 6. The van der Waals surface area contributed by atoms with Crippen LogP contribution in [-0.2, 0) is 0 Å². The van der Waals surface area contributed by atoms with Crippen LogP contribution in [0.25, 0.3) is 21.6 Å². The third-order valence-corrected chi connectivity index (χ3v) is 4.01. The molecule has 0 unspecified atom stereocenters. The molecule has 3 rings (SSSR count). The molecule has 0 bridgehead atoms. The van der Waals surface area contributed by atoms with E-state index in [0.29, 0.717) is 17.1 Å². The summed E-state index contributed by atoms with van der Waals surface area (Å²) in [5, 5.41) is 0.831. The van der Waals surface area contributed by atoms with E-state index in [-0.39, 0.29) is 5.82 Å². The van der Waals surface area contributed by atoms with Crippen molar-refractivity contribution in [1.82, 2.24) is 9.97 Å². The third-order valence-electron chi connectivity index (χ3n) is 3.07. The molecule has 2 heterocycles. The maximum absolute atomic E-state index is 14.2. The molecule has 0 aliphatic rings. The van der Waals surface area contributed by atoms with Crippen molar-refractivity contribution in [1.29, 1.82) is 0 Å². The number of halogens is 1. The Morgan fingerprint density at radius 3 is 2.76 bits per heavy atom. The van der Waals surface area contributed by atoms with Gasteiger partial charge in [-0.15, -0.1) is 11.3 Å². The molecule has 2 aromatic heterocycles. The summed E-state index contributed by atoms with van der Waals surface area (Å²) in [7, 11) is 1.49. The molecule has 1 aromatic carbocycles. The first-order valence-corrected chi connectivity index (χ1v) is 7.02. The number of fused-ring (bicyclic) bond motifs is 1. The van der Waals surface area contributed by atoms with Crippen LogP contribution in [0.2, 0.25) is 0 Å². The molecule has 3 aromatic rings. The summed E-state index contributed by atoms with van der Waals surface area (Å²) in [5.41, 5.74) is 2.85. The van der Waals surface area contributed by atoms with Crippen molar-refractivity contribution in [2.24, 2.45) is 5.84 Å². The SMILES string of the molecule is COc1ccc(-c2nc(NN)c3cc(C)sc3n2)c(F)c1. The van der Waals surface area contributed by atoms with Gasteiger partial charge in [-0.1, -0.05) is 0 Å². The van der Waals surface area contributed by atoms with E-state index in [0.717, 1.165) is 15.1 Å². The van der Waals surface area contributed by atoms with Gasteiger partial charge in [0.1, 0.15) is 16.4 Å². The predicted molar refractivity (Wildman–Crippen MR) is 81.9 cm³/mol. The summed E-state index contributed by atoms with van der Waals surface area (Å²) in [6.45, 7) is 1.97. The molecule has 0 amide bonds. The lowest BCUT2D eigenvalue weighted by Crippen LogP contribution is -2.10. The lowest BCUT2D eigenvalue weighted by atomic mass is 10.2. The van der Waals surface area contributed by atoms with Gasteiger partial charge in [-0.2, -0.15) is 0 Å². The van der Waals surface area contributed by atoms with E-state index in [1.54, 1.807) is 12.1 Å². The Kier molecular flexibility index (Phi) is 3.44. The molecule has 0 saturated carbocycles. The van der Waals surface area contributed by atoms with Gasteiger partial charge in [0.05, 0.1) is 18.1 Å². The van der Waals surface area contributed by atoms with E-state index in [2.05, 4.69) is 15.4 Å². The maximum Gasteiger partial charge on any atom is 0.166 e. The second-order valence-electron chi connectivity index (χ2n) is 4.46. The van der Waals surface area contributed by atoms with E-state index in [9.17, 15) is 4.39 Å².